The van der Waals surface area contributed by atoms with Crippen molar-refractivity contribution in [2.45, 2.75) is 6.92 Å². The van der Waals surface area contributed by atoms with Crippen LogP contribution in [0.15, 0.2) is 48.7 Å². The third-order valence-corrected chi connectivity index (χ3v) is 3.19. The standard InChI is InChI=1S/C16H13N3O2/c1-10-13(16(20)21)5-7-15(18-10)19-12-4-6-14-11(9-12)3-2-8-17-14/h2-9H,1H3,(H,18,19)(H,20,21). The number of carboxylic acid groups (broad SMARTS) is 1. The average Bonchev–Trinajstić information content (AvgIpc) is 2.47. The van der Waals surface area contributed by atoms with E-state index in [1.165, 1.54) is 0 Å². The predicted octanol–water partition coefficient (Wildman–Crippen LogP) is 3.38. The number of aromatic nitrogens is 2. The largest absolute Gasteiger partial charge is 0.478 e. The molecule has 0 amide bonds. The molecule has 0 bridgehead atoms. The lowest BCUT2D eigenvalue weighted by Gasteiger charge is -2.08. The number of carboxylic acids is 1. The van der Waals surface area contributed by atoms with E-state index in [-0.39, 0.29) is 5.56 Å². The van der Waals surface area contributed by atoms with Gasteiger partial charge in [0.2, 0.25) is 0 Å². The number of aryl methyl sites for hydroxylation is 1. The molecule has 0 saturated carbocycles. The minimum Gasteiger partial charge on any atom is -0.478 e. The highest BCUT2D eigenvalue weighted by Crippen LogP contribution is 2.21. The van der Waals surface area contributed by atoms with Crippen LogP contribution in [0, 0.1) is 6.92 Å². The van der Waals surface area contributed by atoms with Crippen LogP contribution in [0.4, 0.5) is 11.5 Å². The van der Waals surface area contributed by atoms with Gasteiger partial charge >= 0.3 is 5.97 Å². The van der Waals surface area contributed by atoms with Gasteiger partial charge in [-0.15, -0.1) is 0 Å². The zero-order chi connectivity index (χ0) is 14.8. The van der Waals surface area contributed by atoms with Crippen molar-refractivity contribution in [2.24, 2.45) is 0 Å². The Bertz CT molecular complexity index is 831. The molecule has 2 N–H and O–H groups in total. The summed E-state index contributed by atoms with van der Waals surface area (Å²) >= 11 is 0. The van der Waals surface area contributed by atoms with Crippen molar-refractivity contribution in [2.75, 3.05) is 5.32 Å². The molecule has 0 radical (unpaired) electrons. The Morgan fingerprint density at radius 1 is 1.19 bits per heavy atom. The van der Waals surface area contributed by atoms with Gasteiger partial charge in [0.1, 0.15) is 5.82 Å². The van der Waals surface area contributed by atoms with Crippen LogP contribution in [0.5, 0.6) is 0 Å². The van der Waals surface area contributed by atoms with Gasteiger partial charge in [-0.1, -0.05) is 6.07 Å². The topological polar surface area (TPSA) is 75.1 Å². The van der Waals surface area contributed by atoms with Crippen LogP contribution in [-0.2, 0) is 0 Å². The number of benzene rings is 1. The summed E-state index contributed by atoms with van der Waals surface area (Å²) in [7, 11) is 0. The summed E-state index contributed by atoms with van der Waals surface area (Å²) in [6.07, 6.45) is 1.75. The predicted molar refractivity (Wildman–Crippen MR) is 81.0 cm³/mol. The molecule has 2 heterocycles. The van der Waals surface area contributed by atoms with E-state index in [1.807, 2.05) is 30.3 Å². The van der Waals surface area contributed by atoms with Crippen LogP contribution < -0.4 is 5.32 Å². The summed E-state index contributed by atoms with van der Waals surface area (Å²) in [5.74, 6) is -0.357. The number of carbonyl (C=O) groups is 1. The lowest BCUT2D eigenvalue weighted by molar-refractivity contribution is 0.0695. The Labute approximate surface area is 121 Å². The van der Waals surface area contributed by atoms with Gasteiger partial charge in [0.15, 0.2) is 0 Å². The highest BCUT2D eigenvalue weighted by atomic mass is 16.4. The van der Waals surface area contributed by atoms with E-state index in [1.54, 1.807) is 25.3 Å². The van der Waals surface area contributed by atoms with Gasteiger partial charge in [0, 0.05) is 17.3 Å². The first-order valence-electron chi connectivity index (χ1n) is 6.46. The Hall–Kier alpha value is -2.95. The first-order valence-corrected chi connectivity index (χ1v) is 6.46. The van der Waals surface area contributed by atoms with E-state index < -0.39 is 5.97 Å². The fraction of sp³-hybridized carbons (Fsp3) is 0.0625. The van der Waals surface area contributed by atoms with E-state index in [0.717, 1.165) is 16.6 Å². The van der Waals surface area contributed by atoms with Crippen molar-refractivity contribution in [1.29, 1.82) is 0 Å². The number of hydrogen-bond donors (Lipinski definition) is 2. The third-order valence-electron chi connectivity index (χ3n) is 3.19. The molecule has 0 aliphatic carbocycles. The normalized spacial score (nSPS) is 10.5. The van der Waals surface area contributed by atoms with E-state index in [0.29, 0.717) is 11.5 Å². The molecule has 104 valence electrons. The van der Waals surface area contributed by atoms with Crippen molar-refractivity contribution in [3.63, 3.8) is 0 Å². The second-order valence-electron chi connectivity index (χ2n) is 4.67. The van der Waals surface area contributed by atoms with Crippen molar-refractivity contribution < 1.29 is 9.90 Å². The maximum Gasteiger partial charge on any atom is 0.337 e. The van der Waals surface area contributed by atoms with Crippen LogP contribution in [-0.4, -0.2) is 21.0 Å². The fourth-order valence-electron chi connectivity index (χ4n) is 2.16. The van der Waals surface area contributed by atoms with Gasteiger partial charge in [0.05, 0.1) is 16.8 Å². The summed E-state index contributed by atoms with van der Waals surface area (Å²) in [6, 6.07) is 12.9. The zero-order valence-electron chi connectivity index (χ0n) is 11.4. The van der Waals surface area contributed by atoms with E-state index in [9.17, 15) is 4.79 Å². The second kappa shape index (κ2) is 5.20. The molecule has 21 heavy (non-hydrogen) atoms. The van der Waals surface area contributed by atoms with Gasteiger partial charge in [-0.05, 0) is 43.3 Å². The van der Waals surface area contributed by atoms with Crippen LogP contribution in [0.2, 0.25) is 0 Å². The van der Waals surface area contributed by atoms with Gasteiger partial charge in [-0.3, -0.25) is 4.98 Å². The summed E-state index contributed by atoms with van der Waals surface area (Å²) in [5, 5.41) is 13.2. The quantitative estimate of drug-likeness (QED) is 0.768. The zero-order valence-corrected chi connectivity index (χ0v) is 11.4. The second-order valence-corrected chi connectivity index (χ2v) is 4.67. The molecule has 0 saturated heterocycles. The molecule has 0 atom stereocenters. The minimum atomic E-state index is -0.969. The summed E-state index contributed by atoms with van der Waals surface area (Å²) in [5.41, 5.74) is 2.50. The highest BCUT2D eigenvalue weighted by molar-refractivity contribution is 5.89. The first kappa shape index (κ1) is 13.1. The van der Waals surface area contributed by atoms with Crippen LogP contribution >= 0.6 is 0 Å². The van der Waals surface area contributed by atoms with Crippen molar-refractivity contribution >= 4 is 28.4 Å². The lowest BCUT2D eigenvalue weighted by Crippen LogP contribution is -2.03. The van der Waals surface area contributed by atoms with E-state index >= 15 is 0 Å². The van der Waals surface area contributed by atoms with Crippen molar-refractivity contribution in [3.8, 4) is 0 Å². The molecule has 0 aliphatic heterocycles. The first-order chi connectivity index (χ1) is 10.1. The average molecular weight is 279 g/mol. The number of rotatable bonds is 3. The number of aromatic carboxylic acids is 1. The number of hydrogen-bond acceptors (Lipinski definition) is 4. The number of nitrogens with zero attached hydrogens (tertiary/aromatic N) is 2. The number of pyridine rings is 2. The Balaban J connectivity index is 1.91. The molecular formula is C16H13N3O2. The maximum atomic E-state index is 11.0. The molecule has 0 aliphatic rings. The third kappa shape index (κ3) is 2.67. The van der Waals surface area contributed by atoms with Gasteiger partial charge < -0.3 is 10.4 Å². The Morgan fingerprint density at radius 2 is 2.05 bits per heavy atom. The van der Waals surface area contributed by atoms with Crippen LogP contribution in [0.25, 0.3) is 10.9 Å². The van der Waals surface area contributed by atoms with Crippen molar-refractivity contribution in [3.05, 3.63) is 59.9 Å². The SMILES string of the molecule is Cc1nc(Nc2ccc3ncccc3c2)ccc1C(=O)O. The maximum absolute atomic E-state index is 11.0. The van der Waals surface area contributed by atoms with Crippen molar-refractivity contribution in [1.82, 2.24) is 9.97 Å². The molecule has 3 aromatic rings. The number of fused-ring (bicyclic) bond motifs is 1. The highest BCUT2D eigenvalue weighted by Gasteiger charge is 2.08. The molecule has 0 unspecified atom stereocenters. The van der Waals surface area contributed by atoms with Crippen LogP contribution in [0.1, 0.15) is 16.1 Å². The number of anilines is 2. The van der Waals surface area contributed by atoms with E-state index in [4.69, 9.17) is 5.11 Å². The lowest BCUT2D eigenvalue weighted by atomic mass is 10.2. The monoisotopic (exact) mass is 279 g/mol. The summed E-state index contributed by atoms with van der Waals surface area (Å²) in [4.78, 5) is 19.5. The van der Waals surface area contributed by atoms with Gasteiger partial charge in [0.25, 0.3) is 0 Å². The molecule has 3 rings (SSSR count). The molecule has 5 heteroatoms. The Morgan fingerprint density at radius 3 is 2.81 bits per heavy atom. The number of nitrogens with one attached hydrogen (secondary N) is 1. The van der Waals surface area contributed by atoms with Gasteiger partial charge in [-0.2, -0.15) is 0 Å². The van der Waals surface area contributed by atoms with E-state index in [2.05, 4.69) is 15.3 Å². The van der Waals surface area contributed by atoms with Gasteiger partial charge in [-0.25, -0.2) is 9.78 Å². The molecule has 5 nitrogen and oxygen atoms in total. The minimum absolute atomic E-state index is 0.211. The molecule has 1 aromatic carbocycles. The molecule has 0 spiro atoms. The van der Waals surface area contributed by atoms with Crippen LogP contribution in [0.3, 0.4) is 0 Å². The summed E-state index contributed by atoms with van der Waals surface area (Å²) < 4.78 is 0. The molecular weight excluding hydrogens is 266 g/mol. The molecule has 0 fully saturated rings. The molecule has 2 aromatic heterocycles. The fourth-order valence-corrected chi connectivity index (χ4v) is 2.16. The summed E-state index contributed by atoms with van der Waals surface area (Å²) in [6.45, 7) is 1.68. The smallest absolute Gasteiger partial charge is 0.337 e. The Kier molecular flexibility index (Phi) is 3.23.